The van der Waals surface area contributed by atoms with E-state index in [-0.39, 0.29) is 6.04 Å². The first-order valence-corrected chi connectivity index (χ1v) is 7.04. The van der Waals surface area contributed by atoms with Crippen LogP contribution >= 0.6 is 11.8 Å². The fourth-order valence-electron chi connectivity index (χ4n) is 2.33. The normalized spacial score (nSPS) is 21.7. The summed E-state index contributed by atoms with van der Waals surface area (Å²) in [4.78, 5) is 0. The fourth-order valence-corrected chi connectivity index (χ4v) is 3.70. The van der Waals surface area contributed by atoms with Gasteiger partial charge in [0.25, 0.3) is 0 Å². The molecule has 1 aliphatic heterocycles. The maximum Gasteiger partial charge on any atom is 0.161 e. The van der Waals surface area contributed by atoms with Crippen LogP contribution in [0.5, 0.6) is 5.75 Å². The summed E-state index contributed by atoms with van der Waals surface area (Å²) >= 11 is 1.97. The van der Waals surface area contributed by atoms with Crippen molar-refractivity contribution in [2.75, 3.05) is 12.9 Å². The highest BCUT2D eigenvalue weighted by molar-refractivity contribution is 8.00. The first kappa shape index (κ1) is 12.7. The monoisotopic (exact) mass is 256 g/mol. The summed E-state index contributed by atoms with van der Waals surface area (Å²) < 4.78 is 7.34. The van der Waals surface area contributed by atoms with Gasteiger partial charge in [-0.15, -0.1) is 0 Å². The smallest absolute Gasteiger partial charge is 0.161 e. The Morgan fingerprint density at radius 1 is 1.76 bits per heavy atom. The number of aromatic nitrogens is 2. The Morgan fingerprint density at radius 2 is 2.59 bits per heavy atom. The summed E-state index contributed by atoms with van der Waals surface area (Å²) in [5.74, 6) is 7.77. The summed E-state index contributed by atoms with van der Waals surface area (Å²) in [5.41, 5.74) is 4.00. The molecule has 2 rings (SSSR count). The fraction of sp³-hybridized carbons (Fsp3) is 0.727. The lowest BCUT2D eigenvalue weighted by Gasteiger charge is -2.23. The van der Waals surface area contributed by atoms with E-state index in [1.807, 2.05) is 16.4 Å². The Kier molecular flexibility index (Phi) is 4.31. The largest absolute Gasteiger partial charge is 0.493 e. The third-order valence-corrected chi connectivity index (χ3v) is 4.64. The number of hydrazine groups is 1. The maximum atomic E-state index is 5.73. The lowest BCUT2D eigenvalue weighted by molar-refractivity contribution is 0.388. The quantitative estimate of drug-likeness (QED) is 0.614. The van der Waals surface area contributed by atoms with Crippen molar-refractivity contribution >= 4 is 11.8 Å². The van der Waals surface area contributed by atoms with Crippen LogP contribution in [0.1, 0.15) is 31.5 Å². The Hall–Kier alpha value is -0.720. The first-order chi connectivity index (χ1) is 8.31. The maximum absolute atomic E-state index is 5.73. The van der Waals surface area contributed by atoms with Gasteiger partial charge in [-0.1, -0.05) is 0 Å². The van der Waals surface area contributed by atoms with Gasteiger partial charge in [0.15, 0.2) is 5.75 Å². The van der Waals surface area contributed by atoms with E-state index >= 15 is 0 Å². The molecule has 3 N–H and O–H groups in total. The highest BCUT2D eigenvalue weighted by Crippen LogP contribution is 2.38. The Bertz CT molecular complexity index is 341. The van der Waals surface area contributed by atoms with Crippen molar-refractivity contribution in [1.29, 1.82) is 0 Å². The molecule has 2 heterocycles. The van der Waals surface area contributed by atoms with Crippen LogP contribution in [0.25, 0.3) is 0 Å². The van der Waals surface area contributed by atoms with Gasteiger partial charge in [-0.2, -0.15) is 16.9 Å². The molecule has 0 aliphatic carbocycles. The number of nitrogens with one attached hydrogen (secondary N) is 1. The molecule has 17 heavy (non-hydrogen) atoms. The van der Waals surface area contributed by atoms with Gasteiger partial charge in [0.1, 0.15) is 0 Å². The molecule has 0 bridgehead atoms. The van der Waals surface area contributed by atoms with E-state index in [0.717, 1.165) is 18.0 Å². The van der Waals surface area contributed by atoms with Crippen LogP contribution in [0.4, 0.5) is 0 Å². The number of methoxy groups -OCH3 is 1. The summed E-state index contributed by atoms with van der Waals surface area (Å²) in [6.45, 7) is 2.90. The number of ether oxygens (including phenoxy) is 1. The minimum atomic E-state index is 0.111. The molecule has 0 amide bonds. The molecular weight excluding hydrogens is 236 g/mol. The Labute approximate surface area is 106 Å². The van der Waals surface area contributed by atoms with E-state index in [0.29, 0.717) is 5.25 Å². The zero-order valence-corrected chi connectivity index (χ0v) is 11.2. The lowest BCUT2D eigenvalue weighted by atomic mass is 10.1. The second kappa shape index (κ2) is 5.75. The molecule has 0 radical (unpaired) electrons. The topological polar surface area (TPSA) is 65.1 Å². The van der Waals surface area contributed by atoms with Crippen molar-refractivity contribution in [3.8, 4) is 5.75 Å². The van der Waals surface area contributed by atoms with E-state index in [4.69, 9.17) is 10.6 Å². The molecule has 5 nitrogen and oxygen atoms in total. The van der Waals surface area contributed by atoms with Crippen LogP contribution in [-0.2, 0) is 6.54 Å². The molecule has 1 aromatic rings. The van der Waals surface area contributed by atoms with Crippen LogP contribution in [0.2, 0.25) is 0 Å². The average Bonchev–Trinajstić information content (AvgIpc) is 2.99. The molecule has 1 aliphatic rings. The highest BCUT2D eigenvalue weighted by Gasteiger charge is 2.31. The number of aryl methyl sites for hydroxylation is 1. The van der Waals surface area contributed by atoms with Gasteiger partial charge >= 0.3 is 0 Å². The summed E-state index contributed by atoms with van der Waals surface area (Å²) in [7, 11) is 1.68. The average molecular weight is 256 g/mol. The van der Waals surface area contributed by atoms with Crippen molar-refractivity contribution < 1.29 is 4.74 Å². The van der Waals surface area contributed by atoms with E-state index in [9.17, 15) is 0 Å². The summed E-state index contributed by atoms with van der Waals surface area (Å²) in [5, 5.41) is 4.84. The molecule has 6 heteroatoms. The summed E-state index contributed by atoms with van der Waals surface area (Å²) in [6.07, 6.45) is 4.22. The van der Waals surface area contributed by atoms with Crippen LogP contribution in [0.15, 0.2) is 6.20 Å². The first-order valence-electron chi connectivity index (χ1n) is 5.99. The Morgan fingerprint density at radius 3 is 3.12 bits per heavy atom. The second-order valence-electron chi connectivity index (χ2n) is 4.11. The van der Waals surface area contributed by atoms with Crippen molar-refractivity contribution in [1.82, 2.24) is 15.2 Å². The van der Waals surface area contributed by atoms with Crippen molar-refractivity contribution in [2.24, 2.45) is 5.84 Å². The third-order valence-electron chi connectivity index (χ3n) is 3.18. The van der Waals surface area contributed by atoms with Gasteiger partial charge in [0, 0.05) is 11.8 Å². The van der Waals surface area contributed by atoms with E-state index in [1.165, 1.54) is 18.6 Å². The molecule has 1 aromatic heterocycles. The molecule has 1 fully saturated rings. The van der Waals surface area contributed by atoms with E-state index < -0.39 is 0 Å². The summed E-state index contributed by atoms with van der Waals surface area (Å²) in [6, 6.07) is 0.111. The predicted octanol–water partition coefficient (Wildman–Crippen LogP) is 1.31. The lowest BCUT2D eigenvalue weighted by Crippen LogP contribution is -2.36. The number of thioether (sulfide) groups is 1. The molecular formula is C11H20N4OS. The SMILES string of the molecule is CCn1ncc(OC)c1C(NN)C1CCCS1. The zero-order valence-electron chi connectivity index (χ0n) is 10.3. The van der Waals surface area contributed by atoms with Gasteiger partial charge in [0.2, 0.25) is 0 Å². The standard InChI is InChI=1S/C11H20N4OS/c1-3-15-11(8(16-2)7-13-15)10(14-12)9-5-4-6-17-9/h7,9-10,14H,3-6,12H2,1-2H3. The molecule has 0 aromatic carbocycles. The van der Waals surface area contributed by atoms with Gasteiger partial charge in [-0.3, -0.25) is 16.0 Å². The molecule has 0 saturated carbocycles. The second-order valence-corrected chi connectivity index (χ2v) is 5.46. The number of hydrogen-bond donors (Lipinski definition) is 2. The molecule has 2 unspecified atom stereocenters. The predicted molar refractivity (Wildman–Crippen MR) is 70.0 cm³/mol. The van der Waals surface area contributed by atoms with Crippen LogP contribution in [0.3, 0.4) is 0 Å². The number of hydrogen-bond acceptors (Lipinski definition) is 5. The zero-order chi connectivity index (χ0) is 12.3. The highest BCUT2D eigenvalue weighted by atomic mass is 32.2. The third kappa shape index (κ3) is 2.43. The van der Waals surface area contributed by atoms with E-state index in [1.54, 1.807) is 13.3 Å². The minimum Gasteiger partial charge on any atom is -0.493 e. The molecule has 96 valence electrons. The number of rotatable bonds is 5. The van der Waals surface area contributed by atoms with Gasteiger partial charge < -0.3 is 4.74 Å². The number of nitrogens with two attached hydrogens (primary N) is 1. The van der Waals surface area contributed by atoms with Crippen molar-refractivity contribution in [2.45, 2.75) is 37.6 Å². The molecule has 0 spiro atoms. The molecule has 2 atom stereocenters. The van der Waals surface area contributed by atoms with Gasteiger partial charge in [-0.25, -0.2) is 0 Å². The number of nitrogens with zero attached hydrogens (tertiary/aromatic N) is 2. The van der Waals surface area contributed by atoms with Crippen LogP contribution < -0.4 is 16.0 Å². The van der Waals surface area contributed by atoms with Crippen molar-refractivity contribution in [3.05, 3.63) is 11.9 Å². The van der Waals surface area contributed by atoms with Gasteiger partial charge in [0.05, 0.1) is 25.0 Å². The van der Waals surface area contributed by atoms with Crippen molar-refractivity contribution in [3.63, 3.8) is 0 Å². The van der Waals surface area contributed by atoms with Gasteiger partial charge in [-0.05, 0) is 25.5 Å². The Balaban J connectivity index is 2.30. The minimum absolute atomic E-state index is 0.111. The molecule has 1 saturated heterocycles. The van der Waals surface area contributed by atoms with Crippen LogP contribution in [0, 0.1) is 0 Å². The van der Waals surface area contributed by atoms with Crippen LogP contribution in [-0.4, -0.2) is 27.9 Å². The van der Waals surface area contributed by atoms with E-state index in [2.05, 4.69) is 17.4 Å².